The third-order valence-electron chi connectivity index (χ3n) is 3.49. The van der Waals surface area contributed by atoms with E-state index in [0.717, 1.165) is 15.1 Å². The number of hydrogen-bond donors (Lipinski definition) is 1. The van der Waals surface area contributed by atoms with Gasteiger partial charge in [0.15, 0.2) is 4.90 Å². The molecule has 0 aromatic carbocycles. The highest BCUT2D eigenvalue weighted by Gasteiger charge is 2.41. The van der Waals surface area contributed by atoms with Gasteiger partial charge in [0.1, 0.15) is 6.04 Å². The summed E-state index contributed by atoms with van der Waals surface area (Å²) in [6.45, 7) is 0.0330. The van der Waals surface area contributed by atoms with Crippen LogP contribution in [0.3, 0.4) is 0 Å². The maximum atomic E-state index is 12.5. The molecular formula is C11H15N3O6S. The first-order valence-electron chi connectivity index (χ1n) is 6.19. The van der Waals surface area contributed by atoms with Crippen molar-refractivity contribution < 1.29 is 18.3 Å². The van der Waals surface area contributed by atoms with Crippen molar-refractivity contribution in [3.05, 3.63) is 27.0 Å². The van der Waals surface area contributed by atoms with Crippen LogP contribution in [0.4, 0.5) is 0 Å². The van der Waals surface area contributed by atoms with E-state index in [-0.39, 0.29) is 13.0 Å². The number of carboxylic acids is 1. The average molecular weight is 317 g/mol. The molecule has 1 aliphatic heterocycles. The van der Waals surface area contributed by atoms with E-state index in [1.165, 1.54) is 14.1 Å². The minimum Gasteiger partial charge on any atom is -0.480 e. The van der Waals surface area contributed by atoms with Crippen molar-refractivity contribution in [3.8, 4) is 0 Å². The summed E-state index contributed by atoms with van der Waals surface area (Å²) in [6, 6.07) is -1.18. The number of carboxylic acid groups (broad SMARTS) is 1. The zero-order chi connectivity index (χ0) is 15.9. The van der Waals surface area contributed by atoms with Gasteiger partial charge in [0.05, 0.1) is 0 Å². The molecule has 2 heterocycles. The van der Waals surface area contributed by atoms with E-state index in [1.54, 1.807) is 0 Å². The van der Waals surface area contributed by atoms with E-state index in [2.05, 4.69) is 0 Å². The fraction of sp³-hybridized carbons (Fsp3) is 0.545. The predicted molar refractivity (Wildman–Crippen MR) is 71.5 cm³/mol. The van der Waals surface area contributed by atoms with Crippen molar-refractivity contribution in [2.24, 2.45) is 14.1 Å². The van der Waals surface area contributed by atoms with Crippen LogP contribution < -0.4 is 11.2 Å². The first-order valence-corrected chi connectivity index (χ1v) is 7.63. The minimum absolute atomic E-state index is 0.0330. The van der Waals surface area contributed by atoms with Gasteiger partial charge in [-0.1, -0.05) is 0 Å². The number of aryl methyl sites for hydroxylation is 1. The second kappa shape index (κ2) is 5.11. The van der Waals surface area contributed by atoms with Gasteiger partial charge in [-0.05, 0) is 12.8 Å². The molecule has 0 aliphatic carbocycles. The molecule has 0 radical (unpaired) electrons. The molecule has 0 bridgehead atoms. The standard InChI is InChI=1S/C11H15N3O6S/c1-12-6-8(9(15)13(2)11(12)18)21(19,20)14-5-3-4-7(14)10(16)17/h6-7H,3-5H2,1-2H3,(H,16,17)/t7-/m0/s1. The molecule has 1 aliphatic rings. The smallest absolute Gasteiger partial charge is 0.330 e. The molecule has 116 valence electrons. The quantitative estimate of drug-likeness (QED) is 0.711. The molecule has 1 aromatic rings. The number of carbonyl (C=O) groups is 1. The molecule has 1 saturated heterocycles. The SMILES string of the molecule is Cn1cc(S(=O)(=O)N2CCC[C@H]2C(=O)O)c(=O)n(C)c1=O. The normalized spacial score (nSPS) is 19.8. The van der Waals surface area contributed by atoms with E-state index < -0.39 is 38.2 Å². The maximum absolute atomic E-state index is 12.5. The summed E-state index contributed by atoms with van der Waals surface area (Å²) >= 11 is 0. The van der Waals surface area contributed by atoms with Crippen molar-refractivity contribution in [2.45, 2.75) is 23.8 Å². The highest BCUT2D eigenvalue weighted by atomic mass is 32.2. The molecule has 10 heteroatoms. The Morgan fingerprint density at radius 3 is 2.52 bits per heavy atom. The zero-order valence-electron chi connectivity index (χ0n) is 11.5. The summed E-state index contributed by atoms with van der Waals surface area (Å²) in [5.74, 6) is -1.25. The highest BCUT2D eigenvalue weighted by molar-refractivity contribution is 7.89. The third kappa shape index (κ3) is 2.40. The van der Waals surface area contributed by atoms with Gasteiger partial charge in [0, 0.05) is 26.8 Å². The Hall–Kier alpha value is -1.94. The Morgan fingerprint density at radius 1 is 1.33 bits per heavy atom. The van der Waals surface area contributed by atoms with Crippen LogP contribution in [-0.2, 0) is 28.9 Å². The van der Waals surface area contributed by atoms with Gasteiger partial charge in [0.25, 0.3) is 15.6 Å². The van der Waals surface area contributed by atoms with Crippen LogP contribution in [0.15, 0.2) is 20.7 Å². The summed E-state index contributed by atoms with van der Waals surface area (Å²) in [7, 11) is -1.78. The lowest BCUT2D eigenvalue weighted by molar-refractivity contribution is -0.140. The van der Waals surface area contributed by atoms with Crippen LogP contribution in [-0.4, -0.2) is 45.5 Å². The summed E-state index contributed by atoms with van der Waals surface area (Å²) in [5.41, 5.74) is -1.62. The number of hydrogen-bond acceptors (Lipinski definition) is 5. The monoisotopic (exact) mass is 317 g/mol. The fourth-order valence-corrected chi connectivity index (χ4v) is 4.15. The number of nitrogens with zero attached hydrogens (tertiary/aromatic N) is 3. The first-order chi connectivity index (χ1) is 9.67. The third-order valence-corrected chi connectivity index (χ3v) is 5.38. The number of aromatic nitrogens is 2. The molecule has 1 fully saturated rings. The lowest BCUT2D eigenvalue weighted by Gasteiger charge is -2.20. The zero-order valence-corrected chi connectivity index (χ0v) is 12.3. The van der Waals surface area contributed by atoms with Crippen molar-refractivity contribution in [1.82, 2.24) is 13.4 Å². The second-order valence-electron chi connectivity index (χ2n) is 4.86. The van der Waals surface area contributed by atoms with E-state index in [9.17, 15) is 22.8 Å². The molecular weight excluding hydrogens is 302 g/mol. The Labute approximate surface area is 120 Å². The number of rotatable bonds is 3. The Balaban J connectivity index is 2.63. The van der Waals surface area contributed by atoms with E-state index in [1.807, 2.05) is 0 Å². The molecule has 1 atom stereocenters. The molecule has 0 spiro atoms. The van der Waals surface area contributed by atoms with E-state index in [4.69, 9.17) is 5.11 Å². The molecule has 0 amide bonds. The Kier molecular flexibility index (Phi) is 3.76. The summed E-state index contributed by atoms with van der Waals surface area (Å²) in [4.78, 5) is 34.1. The Bertz CT molecular complexity index is 806. The maximum Gasteiger partial charge on any atom is 0.330 e. The molecule has 0 unspecified atom stereocenters. The molecule has 0 saturated carbocycles. The summed E-state index contributed by atoms with van der Waals surface area (Å²) in [6.07, 6.45) is 1.53. The van der Waals surface area contributed by atoms with Crippen LogP contribution in [0.2, 0.25) is 0 Å². The molecule has 1 aromatic heterocycles. The lowest BCUT2D eigenvalue weighted by atomic mass is 10.2. The summed E-state index contributed by atoms with van der Waals surface area (Å²) < 4.78 is 27.5. The van der Waals surface area contributed by atoms with Crippen molar-refractivity contribution >= 4 is 16.0 Å². The van der Waals surface area contributed by atoms with Crippen LogP contribution in [0, 0.1) is 0 Å². The number of sulfonamides is 1. The molecule has 1 N–H and O–H groups in total. The molecule has 2 rings (SSSR count). The van der Waals surface area contributed by atoms with Crippen LogP contribution in [0.25, 0.3) is 0 Å². The predicted octanol–water partition coefficient (Wildman–Crippen LogP) is -1.68. The highest BCUT2D eigenvalue weighted by Crippen LogP contribution is 2.24. The fourth-order valence-electron chi connectivity index (χ4n) is 2.35. The minimum atomic E-state index is -4.27. The average Bonchev–Trinajstić information content (AvgIpc) is 2.90. The largest absolute Gasteiger partial charge is 0.480 e. The van der Waals surface area contributed by atoms with Crippen molar-refractivity contribution in [3.63, 3.8) is 0 Å². The van der Waals surface area contributed by atoms with Gasteiger partial charge < -0.3 is 9.67 Å². The molecule has 21 heavy (non-hydrogen) atoms. The molecule has 9 nitrogen and oxygen atoms in total. The summed E-state index contributed by atoms with van der Waals surface area (Å²) in [5, 5.41) is 9.07. The van der Waals surface area contributed by atoms with Crippen LogP contribution in [0.5, 0.6) is 0 Å². The van der Waals surface area contributed by atoms with E-state index in [0.29, 0.717) is 11.0 Å². The van der Waals surface area contributed by atoms with Gasteiger partial charge in [-0.3, -0.25) is 14.2 Å². The van der Waals surface area contributed by atoms with Crippen LogP contribution >= 0.6 is 0 Å². The van der Waals surface area contributed by atoms with Crippen molar-refractivity contribution in [2.75, 3.05) is 6.54 Å². The first kappa shape index (κ1) is 15.4. The van der Waals surface area contributed by atoms with Crippen molar-refractivity contribution in [1.29, 1.82) is 0 Å². The van der Waals surface area contributed by atoms with Gasteiger partial charge in [-0.2, -0.15) is 4.31 Å². The van der Waals surface area contributed by atoms with Crippen LogP contribution in [0.1, 0.15) is 12.8 Å². The second-order valence-corrected chi connectivity index (χ2v) is 6.72. The number of aliphatic carboxylic acids is 1. The van der Waals surface area contributed by atoms with Gasteiger partial charge in [-0.25, -0.2) is 13.2 Å². The Morgan fingerprint density at radius 2 is 1.95 bits per heavy atom. The topological polar surface area (TPSA) is 119 Å². The lowest BCUT2D eigenvalue weighted by Crippen LogP contribution is -2.45. The van der Waals surface area contributed by atoms with Gasteiger partial charge >= 0.3 is 11.7 Å². The van der Waals surface area contributed by atoms with Gasteiger partial charge in [0.2, 0.25) is 0 Å². The van der Waals surface area contributed by atoms with Gasteiger partial charge in [-0.15, -0.1) is 0 Å². The van der Waals surface area contributed by atoms with E-state index >= 15 is 0 Å².